The average molecular weight is 134 g/mol. The molecule has 0 aromatic heterocycles. The van der Waals surface area contributed by atoms with Gasteiger partial charge in [0, 0.05) is 0 Å². The fraction of sp³-hybridized carbons (Fsp3) is 0.600. The highest BCUT2D eigenvalue weighted by Crippen LogP contribution is 2.39. The minimum atomic E-state index is 0.894. The Bertz CT molecular complexity index is 186. The van der Waals surface area contributed by atoms with E-state index >= 15 is 0 Å². The van der Waals surface area contributed by atoms with Crippen LogP contribution in [-0.2, 0) is 0 Å². The molecule has 10 heavy (non-hydrogen) atoms. The molecule has 0 aromatic rings. The largest absolute Gasteiger partial charge is 0.0808 e. The van der Waals surface area contributed by atoms with Gasteiger partial charge in [-0.05, 0) is 31.6 Å². The van der Waals surface area contributed by atoms with Gasteiger partial charge in [0.15, 0.2) is 0 Å². The molecule has 0 spiro atoms. The van der Waals surface area contributed by atoms with Crippen LogP contribution in [0.5, 0.6) is 0 Å². The van der Waals surface area contributed by atoms with E-state index in [9.17, 15) is 0 Å². The van der Waals surface area contributed by atoms with Gasteiger partial charge in [-0.2, -0.15) is 0 Å². The summed E-state index contributed by atoms with van der Waals surface area (Å²) in [5.74, 6) is 1.80. The van der Waals surface area contributed by atoms with Gasteiger partial charge in [0.2, 0.25) is 0 Å². The molecule has 1 saturated carbocycles. The van der Waals surface area contributed by atoms with Crippen LogP contribution in [0.2, 0.25) is 0 Å². The second-order valence-electron chi connectivity index (χ2n) is 3.50. The van der Waals surface area contributed by atoms with Gasteiger partial charge in [-0.25, -0.2) is 0 Å². The number of rotatable bonds is 0. The highest BCUT2D eigenvalue weighted by atomic mass is 14.3. The molecule has 0 aliphatic heterocycles. The van der Waals surface area contributed by atoms with Crippen LogP contribution in [-0.4, -0.2) is 0 Å². The summed E-state index contributed by atoms with van der Waals surface area (Å²) in [6.07, 6.45) is 11.2. The van der Waals surface area contributed by atoms with Crippen molar-refractivity contribution in [2.45, 2.75) is 26.2 Å². The smallest absolute Gasteiger partial charge is 0.0140 e. The molecule has 0 heterocycles. The lowest BCUT2D eigenvalue weighted by Gasteiger charge is -2.19. The fourth-order valence-electron chi connectivity index (χ4n) is 2.26. The lowest BCUT2D eigenvalue weighted by atomic mass is 9.86. The molecule has 1 fully saturated rings. The summed E-state index contributed by atoms with van der Waals surface area (Å²) >= 11 is 0. The van der Waals surface area contributed by atoms with Crippen molar-refractivity contribution in [1.29, 1.82) is 0 Å². The highest BCUT2D eigenvalue weighted by Gasteiger charge is 2.27. The summed E-state index contributed by atoms with van der Waals surface area (Å²) < 4.78 is 0. The minimum absolute atomic E-state index is 0.894. The first-order valence-electron chi connectivity index (χ1n) is 4.23. The normalized spacial score (nSPS) is 37.5. The molecule has 0 saturated heterocycles. The van der Waals surface area contributed by atoms with E-state index in [2.05, 4.69) is 25.2 Å². The Kier molecular flexibility index (Phi) is 1.40. The van der Waals surface area contributed by atoms with Crippen LogP contribution in [0, 0.1) is 11.8 Å². The Hall–Kier alpha value is -0.520. The third-order valence-electron chi connectivity index (χ3n) is 2.87. The van der Waals surface area contributed by atoms with E-state index < -0.39 is 0 Å². The summed E-state index contributed by atoms with van der Waals surface area (Å²) in [6.45, 7) is 2.27. The van der Waals surface area contributed by atoms with Crippen molar-refractivity contribution in [2.24, 2.45) is 11.8 Å². The van der Waals surface area contributed by atoms with Gasteiger partial charge in [0.1, 0.15) is 0 Å². The second kappa shape index (κ2) is 2.26. The van der Waals surface area contributed by atoms with E-state index in [1.54, 1.807) is 5.57 Å². The SMILES string of the molecule is CC1=CC=CC2CCCC12. The third kappa shape index (κ3) is 0.828. The Morgan fingerprint density at radius 2 is 2.30 bits per heavy atom. The van der Waals surface area contributed by atoms with Crippen molar-refractivity contribution >= 4 is 0 Å². The van der Waals surface area contributed by atoms with Crippen LogP contribution in [0.25, 0.3) is 0 Å². The molecule has 2 aliphatic rings. The van der Waals surface area contributed by atoms with Crippen molar-refractivity contribution in [3.05, 3.63) is 23.8 Å². The van der Waals surface area contributed by atoms with Crippen molar-refractivity contribution in [2.75, 3.05) is 0 Å². The molecular weight excluding hydrogens is 120 g/mol. The predicted molar refractivity (Wildman–Crippen MR) is 43.7 cm³/mol. The average Bonchev–Trinajstić information content (AvgIpc) is 2.36. The van der Waals surface area contributed by atoms with Crippen molar-refractivity contribution in [3.8, 4) is 0 Å². The standard InChI is InChI=1S/C10H14/c1-8-4-2-5-9-6-3-7-10(8)9/h2,4-5,9-10H,3,6-7H2,1H3. The fourth-order valence-corrected chi connectivity index (χ4v) is 2.26. The maximum Gasteiger partial charge on any atom is -0.0140 e. The van der Waals surface area contributed by atoms with Gasteiger partial charge in [-0.1, -0.05) is 30.2 Å². The Morgan fingerprint density at radius 1 is 1.40 bits per heavy atom. The molecule has 0 radical (unpaired) electrons. The zero-order valence-corrected chi connectivity index (χ0v) is 6.51. The molecule has 0 bridgehead atoms. The van der Waals surface area contributed by atoms with Gasteiger partial charge in [-0.3, -0.25) is 0 Å². The molecule has 2 atom stereocenters. The number of hydrogen-bond acceptors (Lipinski definition) is 0. The van der Waals surface area contributed by atoms with E-state index in [4.69, 9.17) is 0 Å². The maximum atomic E-state index is 2.38. The van der Waals surface area contributed by atoms with Crippen LogP contribution in [0.1, 0.15) is 26.2 Å². The molecule has 0 aromatic carbocycles. The third-order valence-corrected chi connectivity index (χ3v) is 2.87. The van der Waals surface area contributed by atoms with Crippen molar-refractivity contribution in [1.82, 2.24) is 0 Å². The van der Waals surface area contributed by atoms with Gasteiger partial charge in [0.05, 0.1) is 0 Å². The second-order valence-corrected chi connectivity index (χ2v) is 3.50. The summed E-state index contributed by atoms with van der Waals surface area (Å²) in [5, 5.41) is 0. The summed E-state index contributed by atoms with van der Waals surface area (Å²) in [6, 6.07) is 0. The Balaban J connectivity index is 2.24. The van der Waals surface area contributed by atoms with Crippen LogP contribution >= 0.6 is 0 Å². The molecule has 0 heteroatoms. The zero-order chi connectivity index (χ0) is 6.97. The lowest BCUT2D eigenvalue weighted by Crippen LogP contribution is -2.08. The topological polar surface area (TPSA) is 0 Å². The molecule has 54 valence electrons. The summed E-state index contributed by atoms with van der Waals surface area (Å²) in [4.78, 5) is 0. The van der Waals surface area contributed by atoms with Crippen LogP contribution in [0.3, 0.4) is 0 Å². The number of hydrogen-bond donors (Lipinski definition) is 0. The van der Waals surface area contributed by atoms with Crippen molar-refractivity contribution in [3.63, 3.8) is 0 Å². The van der Waals surface area contributed by atoms with E-state index in [-0.39, 0.29) is 0 Å². The summed E-state index contributed by atoms with van der Waals surface area (Å²) in [7, 11) is 0. The Morgan fingerprint density at radius 3 is 3.10 bits per heavy atom. The monoisotopic (exact) mass is 134 g/mol. The molecule has 2 aliphatic carbocycles. The van der Waals surface area contributed by atoms with Gasteiger partial charge in [0.25, 0.3) is 0 Å². The quantitative estimate of drug-likeness (QED) is 0.478. The van der Waals surface area contributed by atoms with Crippen LogP contribution in [0.15, 0.2) is 23.8 Å². The van der Waals surface area contributed by atoms with Crippen molar-refractivity contribution < 1.29 is 0 Å². The molecule has 0 N–H and O–H groups in total. The maximum absolute atomic E-state index is 2.38. The van der Waals surface area contributed by atoms with Gasteiger partial charge in [-0.15, -0.1) is 0 Å². The van der Waals surface area contributed by atoms with Gasteiger partial charge >= 0.3 is 0 Å². The van der Waals surface area contributed by atoms with E-state index in [0.717, 1.165) is 11.8 Å². The van der Waals surface area contributed by atoms with Crippen LogP contribution < -0.4 is 0 Å². The molecule has 2 unspecified atom stereocenters. The molecule has 2 rings (SSSR count). The number of allylic oxidation sites excluding steroid dienone is 4. The minimum Gasteiger partial charge on any atom is -0.0808 e. The highest BCUT2D eigenvalue weighted by molar-refractivity contribution is 5.22. The van der Waals surface area contributed by atoms with Crippen LogP contribution in [0.4, 0.5) is 0 Å². The predicted octanol–water partition coefficient (Wildman–Crippen LogP) is 2.92. The Labute approximate surface area is 62.6 Å². The first-order chi connectivity index (χ1) is 4.88. The molecule has 0 amide bonds. The van der Waals surface area contributed by atoms with E-state index in [1.165, 1.54) is 19.3 Å². The zero-order valence-electron chi connectivity index (χ0n) is 6.51. The van der Waals surface area contributed by atoms with E-state index in [0.29, 0.717) is 0 Å². The lowest BCUT2D eigenvalue weighted by molar-refractivity contribution is 0.523. The van der Waals surface area contributed by atoms with E-state index in [1.807, 2.05) is 0 Å². The molecule has 0 nitrogen and oxygen atoms in total. The first-order valence-corrected chi connectivity index (χ1v) is 4.23. The van der Waals surface area contributed by atoms with Gasteiger partial charge < -0.3 is 0 Å². The number of fused-ring (bicyclic) bond motifs is 1. The summed E-state index contributed by atoms with van der Waals surface area (Å²) in [5.41, 5.74) is 1.60. The molecular formula is C10H14. The first kappa shape index (κ1) is 6.21.